The Kier molecular flexibility index (Phi) is 7.08. The van der Waals surface area contributed by atoms with Crippen molar-refractivity contribution in [3.05, 3.63) is 71.9 Å². The molecule has 0 bridgehead atoms. The van der Waals surface area contributed by atoms with Crippen LogP contribution in [-0.2, 0) is 13.1 Å². The molecule has 3 aromatic rings. The summed E-state index contributed by atoms with van der Waals surface area (Å²) < 4.78 is 1.88. The lowest BCUT2D eigenvalue weighted by atomic mass is 10.1. The Labute approximate surface area is 170 Å². The zero-order valence-electron chi connectivity index (χ0n) is 16.5. The van der Waals surface area contributed by atoms with Crippen LogP contribution in [0.3, 0.4) is 0 Å². The number of hydrogen-bond donors (Lipinski definition) is 2. The Morgan fingerprint density at radius 1 is 1.21 bits per heavy atom. The second-order valence-electron chi connectivity index (χ2n) is 6.36. The van der Waals surface area contributed by atoms with Gasteiger partial charge in [0.25, 0.3) is 0 Å². The summed E-state index contributed by atoms with van der Waals surface area (Å²) in [5.74, 6) is 1.65. The first-order chi connectivity index (χ1) is 13.7. The van der Waals surface area contributed by atoms with Gasteiger partial charge >= 0.3 is 0 Å². The van der Waals surface area contributed by atoms with Crippen LogP contribution in [0, 0.1) is 6.92 Å². The van der Waals surface area contributed by atoms with Gasteiger partial charge in [-0.15, -0.1) is 11.8 Å². The van der Waals surface area contributed by atoms with E-state index in [4.69, 9.17) is 4.99 Å². The second kappa shape index (κ2) is 9.94. The molecule has 0 spiro atoms. The molecule has 2 aromatic heterocycles. The number of aliphatic imine (C=N–C) groups is 1. The molecule has 0 fully saturated rings. The minimum absolute atomic E-state index is 0.565. The topological polar surface area (TPSA) is 67.1 Å². The number of aromatic nitrogens is 3. The maximum atomic E-state index is 4.69. The number of nitrogens with one attached hydrogen (secondary N) is 2. The van der Waals surface area contributed by atoms with Crippen molar-refractivity contribution in [1.29, 1.82) is 0 Å². The van der Waals surface area contributed by atoms with Crippen LogP contribution in [0.2, 0.25) is 0 Å². The Bertz CT molecular complexity index is 903. The summed E-state index contributed by atoms with van der Waals surface area (Å²) in [6.45, 7) is 6.30. The van der Waals surface area contributed by atoms with E-state index in [9.17, 15) is 0 Å². The van der Waals surface area contributed by atoms with E-state index in [1.165, 1.54) is 16.0 Å². The van der Waals surface area contributed by atoms with E-state index in [1.54, 1.807) is 24.3 Å². The van der Waals surface area contributed by atoms with E-state index in [2.05, 4.69) is 58.9 Å². The van der Waals surface area contributed by atoms with Crippen LogP contribution >= 0.6 is 11.8 Å². The van der Waals surface area contributed by atoms with E-state index >= 15 is 0 Å². The van der Waals surface area contributed by atoms with Crippen LogP contribution in [0.4, 0.5) is 0 Å². The fourth-order valence-corrected chi connectivity index (χ4v) is 3.45. The van der Waals surface area contributed by atoms with Gasteiger partial charge in [0.1, 0.15) is 12.1 Å². The predicted molar refractivity (Wildman–Crippen MR) is 116 cm³/mol. The Balaban J connectivity index is 1.64. The van der Waals surface area contributed by atoms with Crippen molar-refractivity contribution in [2.24, 2.45) is 4.99 Å². The highest BCUT2D eigenvalue weighted by Gasteiger charge is 2.04. The normalized spacial score (nSPS) is 11.5. The van der Waals surface area contributed by atoms with Crippen LogP contribution < -0.4 is 10.6 Å². The van der Waals surface area contributed by atoms with Gasteiger partial charge in [-0.3, -0.25) is 4.57 Å². The van der Waals surface area contributed by atoms with Gasteiger partial charge in [0.2, 0.25) is 0 Å². The zero-order valence-corrected chi connectivity index (χ0v) is 17.3. The Hall–Kier alpha value is -2.80. The van der Waals surface area contributed by atoms with E-state index < -0.39 is 0 Å². The first kappa shape index (κ1) is 19.9. The van der Waals surface area contributed by atoms with Gasteiger partial charge in [0.15, 0.2) is 5.96 Å². The van der Waals surface area contributed by atoms with Crippen LogP contribution in [0.1, 0.15) is 23.6 Å². The fraction of sp³-hybridized carbons (Fsp3) is 0.286. The molecule has 0 unspecified atom stereocenters. The van der Waals surface area contributed by atoms with E-state index in [1.807, 2.05) is 29.1 Å². The van der Waals surface area contributed by atoms with Gasteiger partial charge in [-0.05, 0) is 48.9 Å². The van der Waals surface area contributed by atoms with Gasteiger partial charge in [-0.1, -0.05) is 18.2 Å². The number of aryl methyl sites for hydroxylation is 1. The third-order valence-corrected chi connectivity index (χ3v) is 5.05. The number of hydrogen-bond acceptors (Lipinski definition) is 4. The van der Waals surface area contributed by atoms with Crippen molar-refractivity contribution in [3.8, 4) is 5.82 Å². The maximum absolute atomic E-state index is 4.69. The predicted octanol–water partition coefficient (Wildman–Crippen LogP) is 3.55. The summed E-state index contributed by atoms with van der Waals surface area (Å²) in [7, 11) is 0. The van der Waals surface area contributed by atoms with Crippen LogP contribution in [0.5, 0.6) is 0 Å². The molecule has 3 rings (SSSR count). The number of pyridine rings is 1. The highest BCUT2D eigenvalue weighted by molar-refractivity contribution is 7.98. The Morgan fingerprint density at radius 3 is 2.79 bits per heavy atom. The molecule has 6 nitrogen and oxygen atoms in total. The van der Waals surface area contributed by atoms with Crippen LogP contribution in [0.25, 0.3) is 5.82 Å². The minimum Gasteiger partial charge on any atom is -0.357 e. The van der Waals surface area contributed by atoms with Gasteiger partial charge in [-0.25, -0.2) is 15.0 Å². The molecule has 28 heavy (non-hydrogen) atoms. The summed E-state index contributed by atoms with van der Waals surface area (Å²) in [6, 6.07) is 10.6. The standard InChI is InChI=1S/C21H26N6S/c1-4-23-21(26-14-18-7-5-16(2)11-19(18)28-3)25-13-17-6-8-20(24-12-17)27-10-9-22-15-27/h5-12,15H,4,13-14H2,1-3H3,(H2,23,25,26). The number of nitrogens with zero attached hydrogens (tertiary/aromatic N) is 4. The van der Waals surface area contributed by atoms with Crippen molar-refractivity contribution in [2.75, 3.05) is 12.8 Å². The lowest BCUT2D eigenvalue weighted by molar-refractivity contribution is 0.806. The van der Waals surface area contributed by atoms with Crippen LogP contribution in [-0.4, -0.2) is 33.3 Å². The molecule has 0 radical (unpaired) electrons. The monoisotopic (exact) mass is 394 g/mol. The smallest absolute Gasteiger partial charge is 0.191 e. The molecule has 0 amide bonds. The Morgan fingerprint density at radius 2 is 2.11 bits per heavy atom. The van der Waals surface area contributed by atoms with Crippen molar-refractivity contribution in [3.63, 3.8) is 0 Å². The average Bonchev–Trinajstić information content (AvgIpc) is 3.26. The number of thioether (sulfide) groups is 1. The van der Waals surface area contributed by atoms with Gasteiger partial charge in [-0.2, -0.15) is 0 Å². The molecule has 7 heteroatoms. The maximum Gasteiger partial charge on any atom is 0.191 e. The molecular formula is C21H26N6S. The van der Waals surface area contributed by atoms with Gasteiger partial charge in [0, 0.05) is 36.6 Å². The largest absolute Gasteiger partial charge is 0.357 e. The molecule has 0 aliphatic heterocycles. The number of imidazole rings is 1. The van der Waals surface area contributed by atoms with Crippen LogP contribution in [0.15, 0.2) is 65.1 Å². The molecule has 146 valence electrons. The highest BCUT2D eigenvalue weighted by atomic mass is 32.2. The molecule has 0 saturated carbocycles. The van der Waals surface area contributed by atoms with Gasteiger partial charge < -0.3 is 10.6 Å². The van der Waals surface area contributed by atoms with Crippen molar-refractivity contribution >= 4 is 17.7 Å². The van der Waals surface area contributed by atoms with Gasteiger partial charge in [0.05, 0.1) is 6.54 Å². The lowest BCUT2D eigenvalue weighted by Gasteiger charge is -2.14. The number of guanidine groups is 1. The third kappa shape index (κ3) is 5.36. The van der Waals surface area contributed by atoms with Crippen molar-refractivity contribution < 1.29 is 0 Å². The molecule has 1 aromatic carbocycles. The summed E-state index contributed by atoms with van der Waals surface area (Å²) >= 11 is 1.77. The van der Waals surface area contributed by atoms with E-state index in [-0.39, 0.29) is 0 Å². The zero-order chi connectivity index (χ0) is 19.8. The minimum atomic E-state index is 0.565. The quantitative estimate of drug-likeness (QED) is 0.364. The lowest BCUT2D eigenvalue weighted by Crippen LogP contribution is -2.36. The van der Waals surface area contributed by atoms with Crippen molar-refractivity contribution in [2.45, 2.75) is 31.8 Å². The molecule has 2 heterocycles. The molecule has 0 aliphatic rings. The highest BCUT2D eigenvalue weighted by Crippen LogP contribution is 2.21. The third-order valence-electron chi connectivity index (χ3n) is 4.23. The molecule has 0 aliphatic carbocycles. The average molecular weight is 395 g/mol. The van der Waals surface area contributed by atoms with E-state index in [0.29, 0.717) is 6.54 Å². The first-order valence-corrected chi connectivity index (χ1v) is 10.5. The number of rotatable bonds is 7. The summed E-state index contributed by atoms with van der Waals surface area (Å²) in [5, 5.41) is 6.73. The fourth-order valence-electron chi connectivity index (χ4n) is 2.75. The molecule has 0 saturated heterocycles. The summed E-state index contributed by atoms with van der Waals surface area (Å²) in [6.07, 6.45) is 9.32. The molecular weight excluding hydrogens is 368 g/mol. The van der Waals surface area contributed by atoms with Crippen molar-refractivity contribution in [1.82, 2.24) is 25.2 Å². The molecule has 0 atom stereocenters. The summed E-state index contributed by atoms with van der Waals surface area (Å²) in [4.78, 5) is 14.5. The van der Waals surface area contributed by atoms with E-state index in [0.717, 1.165) is 30.4 Å². The summed E-state index contributed by atoms with van der Waals surface area (Å²) in [5.41, 5.74) is 3.61. The SMILES string of the molecule is CCNC(=NCc1ccc(-n2ccnc2)nc1)NCc1ccc(C)cc1SC. The second-order valence-corrected chi connectivity index (χ2v) is 7.21. The number of benzene rings is 1. The first-order valence-electron chi connectivity index (χ1n) is 9.28. The molecule has 2 N–H and O–H groups in total.